The molecule has 21 heavy (non-hydrogen) atoms. The number of nitrogens with zero attached hydrogens (tertiary/aromatic N) is 2. The van der Waals surface area contributed by atoms with E-state index in [9.17, 15) is 0 Å². The van der Waals surface area contributed by atoms with Gasteiger partial charge in [0.05, 0.1) is 0 Å². The SMILES string of the molecule is Brc1cncc(CNCCCn2ccc3ccccc32)c1. The number of para-hydroxylation sites is 1. The molecule has 0 saturated carbocycles. The molecular formula is C17H18BrN3. The Bertz CT molecular complexity index is 721. The highest BCUT2D eigenvalue weighted by Gasteiger charge is 1.99. The number of halogens is 1. The number of rotatable bonds is 6. The first kappa shape index (κ1) is 14.3. The van der Waals surface area contributed by atoms with Crippen LogP contribution >= 0.6 is 15.9 Å². The fourth-order valence-corrected chi connectivity index (χ4v) is 2.91. The molecule has 1 aromatic carbocycles. The zero-order valence-corrected chi connectivity index (χ0v) is 13.4. The number of pyridine rings is 1. The van der Waals surface area contributed by atoms with Crippen LogP contribution in [0.15, 0.2) is 59.5 Å². The molecule has 108 valence electrons. The van der Waals surface area contributed by atoms with Crippen LogP contribution in [0.3, 0.4) is 0 Å². The molecule has 0 aliphatic carbocycles. The van der Waals surface area contributed by atoms with Gasteiger partial charge in [0.15, 0.2) is 0 Å². The standard InChI is InChI=1S/C17H18BrN3/c18-16-10-14(12-20-13-16)11-19-7-3-8-21-9-6-15-4-1-2-5-17(15)21/h1-2,4-6,9-10,12-13,19H,3,7-8,11H2. The Hall–Kier alpha value is -1.65. The molecule has 2 aromatic heterocycles. The van der Waals surface area contributed by atoms with Gasteiger partial charge in [-0.15, -0.1) is 0 Å². The number of hydrogen-bond donors (Lipinski definition) is 1. The molecule has 0 bridgehead atoms. The van der Waals surface area contributed by atoms with E-state index in [4.69, 9.17) is 0 Å². The largest absolute Gasteiger partial charge is 0.347 e. The molecule has 0 aliphatic rings. The lowest BCUT2D eigenvalue weighted by atomic mass is 10.2. The van der Waals surface area contributed by atoms with Crippen LogP contribution < -0.4 is 5.32 Å². The monoisotopic (exact) mass is 343 g/mol. The molecule has 0 saturated heterocycles. The zero-order chi connectivity index (χ0) is 14.5. The highest BCUT2D eigenvalue weighted by atomic mass is 79.9. The number of benzene rings is 1. The molecule has 0 aliphatic heterocycles. The Labute approximate surface area is 133 Å². The number of aromatic nitrogens is 2. The van der Waals surface area contributed by atoms with Gasteiger partial charge < -0.3 is 9.88 Å². The van der Waals surface area contributed by atoms with Crippen LogP contribution in [0.4, 0.5) is 0 Å². The molecule has 0 fully saturated rings. The molecule has 1 N–H and O–H groups in total. The lowest BCUT2D eigenvalue weighted by Gasteiger charge is -2.07. The van der Waals surface area contributed by atoms with E-state index in [1.807, 2.05) is 6.20 Å². The fraction of sp³-hybridized carbons (Fsp3) is 0.235. The summed E-state index contributed by atoms with van der Waals surface area (Å²) in [4.78, 5) is 4.17. The van der Waals surface area contributed by atoms with Crippen molar-refractivity contribution >= 4 is 26.8 Å². The van der Waals surface area contributed by atoms with Crippen LogP contribution in [0.5, 0.6) is 0 Å². The van der Waals surface area contributed by atoms with Gasteiger partial charge in [0, 0.05) is 41.7 Å². The molecule has 0 atom stereocenters. The fourth-order valence-electron chi connectivity index (χ4n) is 2.50. The molecule has 0 spiro atoms. The van der Waals surface area contributed by atoms with E-state index in [1.54, 1.807) is 6.20 Å². The maximum absolute atomic E-state index is 4.17. The number of nitrogens with one attached hydrogen (secondary N) is 1. The third kappa shape index (κ3) is 3.71. The number of fused-ring (bicyclic) bond motifs is 1. The molecule has 3 aromatic rings. The topological polar surface area (TPSA) is 29.9 Å². The second kappa shape index (κ2) is 6.87. The molecule has 3 nitrogen and oxygen atoms in total. The van der Waals surface area contributed by atoms with Crippen molar-refractivity contribution in [1.82, 2.24) is 14.9 Å². The first-order valence-electron chi connectivity index (χ1n) is 7.17. The van der Waals surface area contributed by atoms with Crippen molar-refractivity contribution in [3.8, 4) is 0 Å². The summed E-state index contributed by atoms with van der Waals surface area (Å²) < 4.78 is 3.35. The number of hydrogen-bond acceptors (Lipinski definition) is 2. The first-order chi connectivity index (χ1) is 10.3. The van der Waals surface area contributed by atoms with Crippen molar-refractivity contribution in [2.75, 3.05) is 6.54 Å². The van der Waals surface area contributed by atoms with E-state index in [0.29, 0.717) is 0 Å². The van der Waals surface area contributed by atoms with Crippen LogP contribution in [0.2, 0.25) is 0 Å². The Morgan fingerprint density at radius 3 is 2.95 bits per heavy atom. The van der Waals surface area contributed by atoms with Gasteiger partial charge in [0.25, 0.3) is 0 Å². The quantitative estimate of drug-likeness (QED) is 0.686. The van der Waals surface area contributed by atoms with Gasteiger partial charge in [-0.05, 0) is 58.0 Å². The second-order valence-electron chi connectivity index (χ2n) is 5.11. The smallest absolute Gasteiger partial charge is 0.0480 e. The lowest BCUT2D eigenvalue weighted by molar-refractivity contribution is 0.590. The third-order valence-corrected chi connectivity index (χ3v) is 3.96. The molecule has 0 radical (unpaired) electrons. The van der Waals surface area contributed by atoms with Crippen molar-refractivity contribution in [3.05, 3.63) is 65.0 Å². The summed E-state index contributed by atoms with van der Waals surface area (Å²) in [7, 11) is 0. The van der Waals surface area contributed by atoms with Crippen molar-refractivity contribution in [3.63, 3.8) is 0 Å². The van der Waals surface area contributed by atoms with Crippen molar-refractivity contribution in [2.24, 2.45) is 0 Å². The minimum atomic E-state index is 0.860. The van der Waals surface area contributed by atoms with E-state index < -0.39 is 0 Å². The minimum absolute atomic E-state index is 0.860. The summed E-state index contributed by atoms with van der Waals surface area (Å²) >= 11 is 3.44. The van der Waals surface area contributed by atoms with E-state index in [0.717, 1.165) is 30.5 Å². The van der Waals surface area contributed by atoms with Gasteiger partial charge in [0.1, 0.15) is 0 Å². The summed E-state index contributed by atoms with van der Waals surface area (Å²) in [6.07, 6.45) is 6.99. The van der Waals surface area contributed by atoms with Crippen LogP contribution in [0.25, 0.3) is 10.9 Å². The summed E-state index contributed by atoms with van der Waals surface area (Å²) in [6.45, 7) is 2.90. The van der Waals surface area contributed by atoms with Crippen LogP contribution in [-0.2, 0) is 13.1 Å². The lowest BCUT2D eigenvalue weighted by Crippen LogP contribution is -2.16. The Morgan fingerprint density at radius 2 is 2.05 bits per heavy atom. The third-order valence-electron chi connectivity index (χ3n) is 3.52. The van der Waals surface area contributed by atoms with E-state index in [2.05, 4.69) is 73.4 Å². The molecular weight excluding hydrogens is 326 g/mol. The molecule has 2 heterocycles. The van der Waals surface area contributed by atoms with Crippen molar-refractivity contribution in [2.45, 2.75) is 19.5 Å². The normalized spacial score (nSPS) is 11.1. The Morgan fingerprint density at radius 1 is 1.14 bits per heavy atom. The molecule has 0 unspecified atom stereocenters. The first-order valence-corrected chi connectivity index (χ1v) is 7.96. The highest BCUT2D eigenvalue weighted by molar-refractivity contribution is 9.10. The van der Waals surface area contributed by atoms with Gasteiger partial charge in [-0.25, -0.2) is 0 Å². The average Bonchev–Trinajstić information content (AvgIpc) is 2.90. The van der Waals surface area contributed by atoms with Crippen LogP contribution in [0.1, 0.15) is 12.0 Å². The predicted octanol–water partition coefficient (Wildman–Crippen LogP) is 3.98. The van der Waals surface area contributed by atoms with Gasteiger partial charge >= 0.3 is 0 Å². The van der Waals surface area contributed by atoms with Crippen LogP contribution in [-0.4, -0.2) is 16.1 Å². The second-order valence-corrected chi connectivity index (χ2v) is 6.03. The van der Waals surface area contributed by atoms with Crippen molar-refractivity contribution < 1.29 is 0 Å². The summed E-state index contributed by atoms with van der Waals surface area (Å²) in [5.74, 6) is 0. The van der Waals surface area contributed by atoms with Crippen LogP contribution in [0, 0.1) is 0 Å². The Balaban J connectivity index is 1.46. The number of aryl methyl sites for hydroxylation is 1. The maximum atomic E-state index is 4.17. The van der Waals surface area contributed by atoms with E-state index >= 15 is 0 Å². The van der Waals surface area contributed by atoms with Gasteiger partial charge in [-0.2, -0.15) is 0 Å². The maximum Gasteiger partial charge on any atom is 0.0480 e. The van der Waals surface area contributed by atoms with Crippen molar-refractivity contribution in [1.29, 1.82) is 0 Å². The van der Waals surface area contributed by atoms with Gasteiger partial charge in [-0.3, -0.25) is 4.98 Å². The summed E-state index contributed by atoms with van der Waals surface area (Å²) in [5, 5.41) is 4.78. The van der Waals surface area contributed by atoms with Gasteiger partial charge in [-0.1, -0.05) is 18.2 Å². The summed E-state index contributed by atoms with van der Waals surface area (Å²) in [5.41, 5.74) is 2.52. The highest BCUT2D eigenvalue weighted by Crippen LogP contribution is 2.15. The predicted molar refractivity (Wildman–Crippen MR) is 90.2 cm³/mol. The summed E-state index contributed by atoms with van der Waals surface area (Å²) in [6, 6.07) is 12.8. The minimum Gasteiger partial charge on any atom is -0.347 e. The average molecular weight is 344 g/mol. The Kier molecular flexibility index (Phi) is 4.68. The molecule has 3 rings (SSSR count). The van der Waals surface area contributed by atoms with E-state index in [1.165, 1.54) is 16.5 Å². The van der Waals surface area contributed by atoms with Gasteiger partial charge in [0.2, 0.25) is 0 Å². The zero-order valence-electron chi connectivity index (χ0n) is 11.8. The molecule has 0 amide bonds. The molecule has 4 heteroatoms. The van der Waals surface area contributed by atoms with E-state index in [-0.39, 0.29) is 0 Å².